The first-order valence-electron chi connectivity index (χ1n) is 10.0. The third-order valence-electron chi connectivity index (χ3n) is 5.14. The molecule has 3 aromatic carbocycles. The number of anilines is 1. The second-order valence-electron chi connectivity index (χ2n) is 7.28. The number of hydrogen-bond donors (Lipinski definition) is 1. The third kappa shape index (κ3) is 4.15. The summed E-state index contributed by atoms with van der Waals surface area (Å²) in [6, 6.07) is 23.3. The van der Waals surface area contributed by atoms with Crippen molar-refractivity contribution in [3.63, 3.8) is 0 Å². The molecular formula is C25H23N3O2. The molecule has 0 bridgehead atoms. The molecule has 0 saturated heterocycles. The van der Waals surface area contributed by atoms with Crippen LogP contribution >= 0.6 is 0 Å². The molecule has 0 spiro atoms. The van der Waals surface area contributed by atoms with Gasteiger partial charge in [-0.1, -0.05) is 60.7 Å². The molecule has 1 N–H and O–H groups in total. The average Bonchev–Trinajstić information content (AvgIpc) is 2.77. The van der Waals surface area contributed by atoms with E-state index in [1.54, 1.807) is 17.0 Å². The van der Waals surface area contributed by atoms with Crippen LogP contribution in [-0.2, 0) is 11.3 Å². The summed E-state index contributed by atoms with van der Waals surface area (Å²) in [5.41, 5.74) is 4.46. The van der Waals surface area contributed by atoms with E-state index in [1.807, 2.05) is 73.7 Å². The molecule has 0 fully saturated rings. The van der Waals surface area contributed by atoms with Gasteiger partial charge in [0.1, 0.15) is 0 Å². The van der Waals surface area contributed by atoms with Crippen LogP contribution in [-0.4, -0.2) is 15.5 Å². The number of fused-ring (bicyclic) bond motifs is 1. The molecule has 30 heavy (non-hydrogen) atoms. The van der Waals surface area contributed by atoms with Crippen molar-refractivity contribution in [1.82, 2.24) is 9.55 Å². The lowest BCUT2D eigenvalue weighted by molar-refractivity contribution is -0.116. The van der Waals surface area contributed by atoms with Gasteiger partial charge in [-0.2, -0.15) is 0 Å². The van der Waals surface area contributed by atoms with E-state index in [1.165, 1.54) is 0 Å². The Morgan fingerprint density at radius 2 is 1.73 bits per heavy atom. The van der Waals surface area contributed by atoms with E-state index in [4.69, 9.17) is 0 Å². The Morgan fingerprint density at radius 1 is 0.967 bits per heavy atom. The van der Waals surface area contributed by atoms with Crippen molar-refractivity contribution in [3.05, 3.63) is 95.0 Å². The van der Waals surface area contributed by atoms with Crippen LogP contribution < -0.4 is 10.9 Å². The Kier molecular flexibility index (Phi) is 5.70. The average molecular weight is 397 g/mol. The Morgan fingerprint density at radius 3 is 2.57 bits per heavy atom. The van der Waals surface area contributed by atoms with Crippen molar-refractivity contribution in [2.45, 2.75) is 26.3 Å². The number of carbonyl (C=O) groups is 1. The molecule has 4 aromatic rings. The largest absolute Gasteiger partial charge is 0.326 e. The number of para-hydroxylation sites is 2. The molecule has 0 aliphatic carbocycles. The van der Waals surface area contributed by atoms with E-state index in [9.17, 15) is 9.59 Å². The van der Waals surface area contributed by atoms with Crippen LogP contribution in [0, 0.1) is 6.92 Å². The first-order chi connectivity index (χ1) is 14.6. The number of nitrogens with one attached hydrogen (secondary N) is 1. The molecule has 1 amide bonds. The third-order valence-corrected chi connectivity index (χ3v) is 5.14. The van der Waals surface area contributed by atoms with Crippen LogP contribution in [0.3, 0.4) is 0 Å². The van der Waals surface area contributed by atoms with E-state index < -0.39 is 0 Å². The molecule has 1 aromatic heterocycles. The van der Waals surface area contributed by atoms with Gasteiger partial charge >= 0.3 is 0 Å². The number of aryl methyl sites for hydroxylation is 2. The van der Waals surface area contributed by atoms with E-state index in [0.717, 1.165) is 27.9 Å². The van der Waals surface area contributed by atoms with Gasteiger partial charge in [0.25, 0.3) is 5.56 Å². The summed E-state index contributed by atoms with van der Waals surface area (Å²) >= 11 is 0. The molecule has 0 saturated carbocycles. The molecule has 0 atom stereocenters. The molecule has 0 radical (unpaired) electrons. The highest BCUT2D eigenvalue weighted by atomic mass is 16.1. The maximum absolute atomic E-state index is 12.7. The van der Waals surface area contributed by atoms with Crippen molar-refractivity contribution >= 4 is 22.5 Å². The molecule has 0 aliphatic heterocycles. The Hall–Kier alpha value is -3.73. The zero-order valence-electron chi connectivity index (χ0n) is 16.8. The predicted octanol–water partition coefficient (Wildman–Crippen LogP) is 4.79. The van der Waals surface area contributed by atoms with Crippen LogP contribution in [0.4, 0.5) is 5.69 Å². The Bertz CT molecular complexity index is 1250. The van der Waals surface area contributed by atoms with Gasteiger partial charge in [0, 0.05) is 24.2 Å². The maximum Gasteiger partial charge on any atom is 0.261 e. The fourth-order valence-corrected chi connectivity index (χ4v) is 3.58. The van der Waals surface area contributed by atoms with Gasteiger partial charge in [0.2, 0.25) is 5.91 Å². The van der Waals surface area contributed by atoms with Crippen LogP contribution in [0.2, 0.25) is 0 Å². The minimum Gasteiger partial charge on any atom is -0.326 e. The molecule has 4 rings (SSSR count). The summed E-state index contributed by atoms with van der Waals surface area (Å²) in [6.45, 7) is 2.39. The van der Waals surface area contributed by atoms with E-state index >= 15 is 0 Å². The zero-order valence-corrected chi connectivity index (χ0v) is 16.8. The fraction of sp³-hybridized carbons (Fsp3) is 0.160. The first kappa shape index (κ1) is 19.6. The Balaban J connectivity index is 1.42. The van der Waals surface area contributed by atoms with E-state index in [2.05, 4.69) is 10.3 Å². The lowest BCUT2D eigenvalue weighted by atomic mass is 10.0. The van der Waals surface area contributed by atoms with Gasteiger partial charge in [-0.05, 0) is 36.6 Å². The van der Waals surface area contributed by atoms with Gasteiger partial charge < -0.3 is 5.32 Å². The van der Waals surface area contributed by atoms with Gasteiger partial charge in [0.05, 0.1) is 17.2 Å². The number of rotatable bonds is 6. The standard InChI is InChI=1S/C25H23N3O2/c1-18-9-7-13-21-24(18)26-17-28(25(21)30)16-8-15-23(29)27-22-14-6-5-12-20(22)19-10-3-2-4-11-19/h2-7,9-14,17H,8,15-16H2,1H3,(H,27,29). The number of amides is 1. The lowest BCUT2D eigenvalue weighted by Gasteiger charge is -2.12. The molecular weight excluding hydrogens is 374 g/mol. The summed E-state index contributed by atoms with van der Waals surface area (Å²) < 4.78 is 1.58. The van der Waals surface area contributed by atoms with E-state index in [0.29, 0.717) is 24.8 Å². The van der Waals surface area contributed by atoms with Crippen molar-refractivity contribution in [3.8, 4) is 11.1 Å². The number of hydrogen-bond acceptors (Lipinski definition) is 3. The highest BCUT2D eigenvalue weighted by Crippen LogP contribution is 2.27. The van der Waals surface area contributed by atoms with E-state index in [-0.39, 0.29) is 11.5 Å². The quantitative estimate of drug-likeness (QED) is 0.509. The monoisotopic (exact) mass is 397 g/mol. The minimum atomic E-state index is -0.0731. The molecule has 0 aliphatic rings. The Labute approximate surface area is 175 Å². The summed E-state index contributed by atoms with van der Waals surface area (Å²) in [5, 5.41) is 3.61. The molecule has 150 valence electrons. The van der Waals surface area contributed by atoms with Crippen molar-refractivity contribution in [1.29, 1.82) is 0 Å². The second kappa shape index (κ2) is 8.74. The van der Waals surface area contributed by atoms with Crippen molar-refractivity contribution in [2.75, 3.05) is 5.32 Å². The minimum absolute atomic E-state index is 0.0708. The van der Waals surface area contributed by atoms with Gasteiger partial charge in [0.15, 0.2) is 0 Å². The van der Waals surface area contributed by atoms with Crippen LogP contribution in [0.25, 0.3) is 22.0 Å². The lowest BCUT2D eigenvalue weighted by Crippen LogP contribution is -2.22. The summed E-state index contributed by atoms with van der Waals surface area (Å²) in [4.78, 5) is 29.6. The fourth-order valence-electron chi connectivity index (χ4n) is 3.58. The first-order valence-corrected chi connectivity index (χ1v) is 10.0. The van der Waals surface area contributed by atoms with Crippen LogP contribution in [0.15, 0.2) is 83.9 Å². The highest BCUT2D eigenvalue weighted by molar-refractivity contribution is 5.95. The highest BCUT2D eigenvalue weighted by Gasteiger charge is 2.09. The van der Waals surface area contributed by atoms with Crippen molar-refractivity contribution < 1.29 is 4.79 Å². The number of aromatic nitrogens is 2. The SMILES string of the molecule is Cc1cccc2c(=O)n(CCCC(=O)Nc3ccccc3-c3ccccc3)cnc12. The summed E-state index contributed by atoms with van der Waals surface area (Å²) in [6.07, 6.45) is 2.44. The topological polar surface area (TPSA) is 64.0 Å². The van der Waals surface area contributed by atoms with Gasteiger partial charge in [-0.25, -0.2) is 4.98 Å². The number of carbonyl (C=O) groups excluding carboxylic acids is 1. The second-order valence-corrected chi connectivity index (χ2v) is 7.28. The zero-order chi connectivity index (χ0) is 20.9. The normalized spacial score (nSPS) is 10.8. The molecule has 5 nitrogen and oxygen atoms in total. The summed E-state index contributed by atoms with van der Waals surface area (Å²) in [7, 11) is 0. The van der Waals surface area contributed by atoms with Crippen molar-refractivity contribution in [2.24, 2.45) is 0 Å². The number of benzene rings is 3. The molecule has 0 unspecified atom stereocenters. The van der Waals surface area contributed by atoms with Gasteiger partial charge in [-0.15, -0.1) is 0 Å². The van der Waals surface area contributed by atoms with Crippen LogP contribution in [0.1, 0.15) is 18.4 Å². The predicted molar refractivity (Wildman–Crippen MR) is 120 cm³/mol. The molecule has 5 heteroatoms. The molecule has 1 heterocycles. The smallest absolute Gasteiger partial charge is 0.261 e. The summed E-state index contributed by atoms with van der Waals surface area (Å²) in [5.74, 6) is -0.0731. The van der Waals surface area contributed by atoms with Crippen LogP contribution in [0.5, 0.6) is 0 Å². The van der Waals surface area contributed by atoms with Gasteiger partial charge in [-0.3, -0.25) is 14.2 Å². The maximum atomic E-state index is 12.7. The number of nitrogens with zero attached hydrogens (tertiary/aromatic N) is 2.